The number of rotatable bonds is 5. The third-order valence-electron chi connectivity index (χ3n) is 3.42. The van der Waals surface area contributed by atoms with Crippen LogP contribution in [0.3, 0.4) is 0 Å². The molecular weight excluding hydrogens is 264 g/mol. The molecule has 1 amide bonds. The lowest BCUT2D eigenvalue weighted by molar-refractivity contribution is -0.123. The van der Waals surface area contributed by atoms with E-state index in [-0.39, 0.29) is 11.9 Å². The fourth-order valence-corrected chi connectivity index (χ4v) is 2.09. The zero-order valence-electron chi connectivity index (χ0n) is 12.2. The molecule has 0 spiro atoms. The Hall–Kier alpha value is -2.33. The summed E-state index contributed by atoms with van der Waals surface area (Å²) in [6, 6.07) is 16.2. The van der Waals surface area contributed by atoms with Gasteiger partial charge in [-0.05, 0) is 30.2 Å². The Morgan fingerprint density at radius 3 is 2.24 bits per heavy atom. The van der Waals surface area contributed by atoms with Gasteiger partial charge >= 0.3 is 0 Å². The molecule has 0 aliphatic heterocycles. The highest BCUT2D eigenvalue weighted by molar-refractivity contribution is 5.83. The van der Waals surface area contributed by atoms with Crippen molar-refractivity contribution in [2.45, 2.75) is 19.0 Å². The molecule has 0 radical (unpaired) electrons. The fraction of sp³-hybridized carbons (Fsp3) is 0.235. The number of ether oxygens (including phenoxy) is 1. The van der Waals surface area contributed by atoms with Crippen LogP contribution in [0, 0.1) is 0 Å². The van der Waals surface area contributed by atoms with Crippen LogP contribution in [0.4, 0.5) is 0 Å². The van der Waals surface area contributed by atoms with Gasteiger partial charge in [-0.3, -0.25) is 4.79 Å². The lowest BCUT2D eigenvalue weighted by atomic mass is 10.0. The summed E-state index contributed by atoms with van der Waals surface area (Å²) in [6.45, 7) is 1.93. The summed E-state index contributed by atoms with van der Waals surface area (Å²) in [5.74, 6) is 0.600. The molecule has 0 aromatic heterocycles. The Morgan fingerprint density at radius 1 is 1.05 bits per heavy atom. The van der Waals surface area contributed by atoms with Crippen molar-refractivity contribution in [2.24, 2.45) is 5.73 Å². The second-order valence-electron chi connectivity index (χ2n) is 4.89. The Bertz CT molecular complexity index is 581. The average molecular weight is 284 g/mol. The summed E-state index contributed by atoms with van der Waals surface area (Å²) in [4.78, 5) is 12.2. The molecule has 0 aliphatic rings. The smallest absolute Gasteiger partial charge is 0.241 e. The number of benzene rings is 2. The number of hydrogen-bond donors (Lipinski definition) is 2. The maximum atomic E-state index is 12.2. The first-order valence-corrected chi connectivity index (χ1v) is 6.86. The highest BCUT2D eigenvalue weighted by atomic mass is 16.5. The van der Waals surface area contributed by atoms with Crippen LogP contribution < -0.4 is 15.8 Å². The van der Waals surface area contributed by atoms with Crippen LogP contribution in [0.1, 0.15) is 30.1 Å². The fourth-order valence-electron chi connectivity index (χ4n) is 2.09. The van der Waals surface area contributed by atoms with E-state index in [1.54, 1.807) is 7.11 Å². The molecule has 21 heavy (non-hydrogen) atoms. The van der Waals surface area contributed by atoms with Crippen LogP contribution in [0.5, 0.6) is 5.75 Å². The summed E-state index contributed by atoms with van der Waals surface area (Å²) < 4.78 is 5.12. The van der Waals surface area contributed by atoms with Crippen molar-refractivity contribution >= 4 is 5.91 Å². The monoisotopic (exact) mass is 284 g/mol. The molecule has 0 heterocycles. The molecule has 2 atom stereocenters. The minimum absolute atomic E-state index is 0.113. The van der Waals surface area contributed by atoms with Crippen LogP contribution in [0.25, 0.3) is 0 Å². The summed E-state index contributed by atoms with van der Waals surface area (Å²) >= 11 is 0. The number of carbonyl (C=O) groups excluding carboxylic acids is 1. The summed E-state index contributed by atoms with van der Waals surface area (Å²) in [6.07, 6.45) is 0. The zero-order valence-corrected chi connectivity index (χ0v) is 12.2. The number of nitrogens with one attached hydrogen (secondary N) is 1. The molecule has 0 saturated carbocycles. The SMILES string of the molecule is COc1ccc(C(C)NC(=O)C(N)c2ccccc2)cc1. The molecule has 2 unspecified atom stereocenters. The van der Waals surface area contributed by atoms with Gasteiger partial charge in [0.2, 0.25) is 5.91 Å². The zero-order chi connectivity index (χ0) is 15.2. The third-order valence-corrected chi connectivity index (χ3v) is 3.42. The summed E-state index contributed by atoms with van der Waals surface area (Å²) in [5.41, 5.74) is 7.79. The van der Waals surface area contributed by atoms with Crippen LogP contribution in [-0.4, -0.2) is 13.0 Å². The molecule has 0 aliphatic carbocycles. The number of nitrogens with two attached hydrogens (primary N) is 1. The minimum atomic E-state index is -0.660. The van der Waals surface area contributed by atoms with Crippen molar-refractivity contribution in [1.29, 1.82) is 0 Å². The Labute approximate surface area is 124 Å². The second kappa shape index (κ2) is 6.90. The predicted molar refractivity (Wildman–Crippen MR) is 82.9 cm³/mol. The van der Waals surface area contributed by atoms with E-state index in [2.05, 4.69) is 5.32 Å². The van der Waals surface area contributed by atoms with E-state index in [0.29, 0.717) is 0 Å². The van der Waals surface area contributed by atoms with E-state index < -0.39 is 6.04 Å². The van der Waals surface area contributed by atoms with Crippen LogP contribution >= 0.6 is 0 Å². The van der Waals surface area contributed by atoms with E-state index in [1.807, 2.05) is 61.5 Å². The second-order valence-corrected chi connectivity index (χ2v) is 4.89. The van der Waals surface area contributed by atoms with E-state index in [9.17, 15) is 4.79 Å². The van der Waals surface area contributed by atoms with Gasteiger partial charge in [0.05, 0.1) is 13.2 Å². The molecular formula is C17H20N2O2. The quantitative estimate of drug-likeness (QED) is 0.887. The van der Waals surface area contributed by atoms with E-state index in [4.69, 9.17) is 10.5 Å². The first kappa shape index (κ1) is 15.1. The molecule has 0 bridgehead atoms. The first-order chi connectivity index (χ1) is 10.1. The molecule has 3 N–H and O–H groups in total. The van der Waals surface area contributed by atoms with E-state index in [0.717, 1.165) is 16.9 Å². The molecule has 110 valence electrons. The summed E-state index contributed by atoms with van der Waals surface area (Å²) in [5, 5.41) is 2.93. The molecule has 2 aromatic carbocycles. The number of methoxy groups -OCH3 is 1. The number of amides is 1. The Kier molecular flexibility index (Phi) is 4.95. The summed E-state index contributed by atoms with van der Waals surface area (Å²) in [7, 11) is 1.62. The number of carbonyl (C=O) groups is 1. The van der Waals surface area contributed by atoms with Gasteiger partial charge in [0, 0.05) is 0 Å². The van der Waals surface area contributed by atoms with Gasteiger partial charge in [-0.2, -0.15) is 0 Å². The lowest BCUT2D eigenvalue weighted by Crippen LogP contribution is -2.35. The normalized spacial score (nSPS) is 13.3. The van der Waals surface area contributed by atoms with Gasteiger partial charge in [-0.25, -0.2) is 0 Å². The standard InChI is InChI=1S/C17H20N2O2/c1-12(13-8-10-15(21-2)11-9-13)19-17(20)16(18)14-6-4-3-5-7-14/h3-12,16H,18H2,1-2H3,(H,19,20). The Balaban J connectivity index is 2.01. The van der Waals surface area contributed by atoms with Crippen molar-refractivity contribution in [3.8, 4) is 5.75 Å². The van der Waals surface area contributed by atoms with Gasteiger partial charge in [-0.15, -0.1) is 0 Å². The minimum Gasteiger partial charge on any atom is -0.497 e. The topological polar surface area (TPSA) is 64.3 Å². The van der Waals surface area contributed by atoms with Crippen molar-refractivity contribution in [2.75, 3.05) is 7.11 Å². The van der Waals surface area contributed by atoms with Gasteiger partial charge < -0.3 is 15.8 Å². The first-order valence-electron chi connectivity index (χ1n) is 6.86. The Morgan fingerprint density at radius 2 is 1.67 bits per heavy atom. The van der Waals surface area contributed by atoms with E-state index >= 15 is 0 Å². The van der Waals surface area contributed by atoms with Gasteiger partial charge in [0.25, 0.3) is 0 Å². The maximum absolute atomic E-state index is 12.2. The highest BCUT2D eigenvalue weighted by Gasteiger charge is 2.18. The predicted octanol–water partition coefficient (Wildman–Crippen LogP) is 2.57. The van der Waals surface area contributed by atoms with Crippen LogP contribution in [0.2, 0.25) is 0 Å². The molecule has 4 nitrogen and oxygen atoms in total. The molecule has 4 heteroatoms. The van der Waals surface area contributed by atoms with Crippen molar-refractivity contribution < 1.29 is 9.53 Å². The van der Waals surface area contributed by atoms with Crippen LogP contribution in [-0.2, 0) is 4.79 Å². The van der Waals surface area contributed by atoms with E-state index in [1.165, 1.54) is 0 Å². The maximum Gasteiger partial charge on any atom is 0.241 e. The molecule has 0 saturated heterocycles. The molecule has 0 fully saturated rings. The largest absolute Gasteiger partial charge is 0.497 e. The van der Waals surface area contributed by atoms with Gasteiger partial charge in [0.15, 0.2) is 0 Å². The lowest BCUT2D eigenvalue weighted by Gasteiger charge is -2.18. The molecule has 2 aromatic rings. The van der Waals surface area contributed by atoms with Crippen LogP contribution in [0.15, 0.2) is 54.6 Å². The average Bonchev–Trinajstić information content (AvgIpc) is 2.55. The van der Waals surface area contributed by atoms with Crippen molar-refractivity contribution in [3.05, 3.63) is 65.7 Å². The highest BCUT2D eigenvalue weighted by Crippen LogP contribution is 2.18. The van der Waals surface area contributed by atoms with Crippen molar-refractivity contribution in [1.82, 2.24) is 5.32 Å². The molecule has 2 rings (SSSR count). The van der Waals surface area contributed by atoms with Crippen molar-refractivity contribution in [3.63, 3.8) is 0 Å². The third kappa shape index (κ3) is 3.83. The van der Waals surface area contributed by atoms with Gasteiger partial charge in [-0.1, -0.05) is 42.5 Å². The van der Waals surface area contributed by atoms with Gasteiger partial charge in [0.1, 0.15) is 11.8 Å². The number of hydrogen-bond acceptors (Lipinski definition) is 3.